The summed E-state index contributed by atoms with van der Waals surface area (Å²) >= 11 is 0. The van der Waals surface area contributed by atoms with Crippen LogP contribution in [0.2, 0.25) is 0 Å². The first-order valence-electron chi connectivity index (χ1n) is 7.10. The fourth-order valence-corrected chi connectivity index (χ4v) is 2.22. The van der Waals surface area contributed by atoms with Crippen LogP contribution in [0.25, 0.3) is 0 Å². The second-order valence-electron chi connectivity index (χ2n) is 5.67. The van der Waals surface area contributed by atoms with Crippen LogP contribution in [0.5, 0.6) is 0 Å². The summed E-state index contributed by atoms with van der Waals surface area (Å²) in [6.07, 6.45) is 1.22. The SMILES string of the molecule is CNC(CN(C)CCCN(C)C)c1ccc(C)cc1. The fraction of sp³-hybridized carbons (Fsp3) is 0.625. The number of nitrogens with one attached hydrogen (secondary N) is 1. The molecule has 0 fully saturated rings. The Balaban J connectivity index is 2.45. The first-order chi connectivity index (χ1) is 9.02. The largest absolute Gasteiger partial charge is 0.312 e. The summed E-state index contributed by atoms with van der Waals surface area (Å²) in [7, 11) is 8.50. The number of rotatable bonds is 8. The van der Waals surface area contributed by atoms with Crippen molar-refractivity contribution < 1.29 is 0 Å². The predicted molar refractivity (Wildman–Crippen MR) is 83.6 cm³/mol. The minimum atomic E-state index is 0.407. The standard InChI is InChI=1S/C16H29N3/c1-14-7-9-15(10-8-14)16(17-2)13-19(5)12-6-11-18(3)4/h7-10,16-17H,6,11-13H2,1-5H3. The van der Waals surface area contributed by atoms with E-state index in [1.807, 2.05) is 7.05 Å². The molecule has 0 saturated carbocycles. The molecule has 108 valence electrons. The molecule has 0 aromatic heterocycles. The van der Waals surface area contributed by atoms with Crippen molar-refractivity contribution in [2.75, 3.05) is 47.8 Å². The van der Waals surface area contributed by atoms with Crippen LogP contribution in [0, 0.1) is 6.92 Å². The van der Waals surface area contributed by atoms with Crippen LogP contribution in [0.4, 0.5) is 0 Å². The highest BCUT2D eigenvalue weighted by Crippen LogP contribution is 2.14. The zero-order valence-electron chi connectivity index (χ0n) is 13.1. The molecule has 3 nitrogen and oxygen atoms in total. The number of hydrogen-bond acceptors (Lipinski definition) is 3. The molecule has 3 heteroatoms. The second kappa shape index (κ2) is 8.31. The smallest absolute Gasteiger partial charge is 0.0446 e. The summed E-state index contributed by atoms with van der Waals surface area (Å²) in [5.74, 6) is 0. The fourth-order valence-electron chi connectivity index (χ4n) is 2.22. The summed E-state index contributed by atoms with van der Waals surface area (Å²) in [5, 5.41) is 3.42. The van der Waals surface area contributed by atoms with E-state index in [9.17, 15) is 0 Å². The molecule has 0 bridgehead atoms. The van der Waals surface area contributed by atoms with E-state index in [1.54, 1.807) is 0 Å². The van der Waals surface area contributed by atoms with Gasteiger partial charge in [0, 0.05) is 12.6 Å². The lowest BCUT2D eigenvalue weighted by Crippen LogP contribution is -2.32. The Bertz CT molecular complexity index is 346. The van der Waals surface area contributed by atoms with Crippen LogP contribution in [-0.4, -0.2) is 57.6 Å². The zero-order chi connectivity index (χ0) is 14.3. The third kappa shape index (κ3) is 6.19. The normalized spacial score (nSPS) is 13.2. The van der Waals surface area contributed by atoms with Gasteiger partial charge < -0.3 is 15.1 Å². The molecule has 0 spiro atoms. The van der Waals surface area contributed by atoms with E-state index < -0.39 is 0 Å². The van der Waals surface area contributed by atoms with Gasteiger partial charge in [-0.3, -0.25) is 0 Å². The summed E-state index contributed by atoms with van der Waals surface area (Å²) < 4.78 is 0. The van der Waals surface area contributed by atoms with Gasteiger partial charge in [-0.25, -0.2) is 0 Å². The molecule has 1 rings (SSSR count). The molecule has 0 radical (unpaired) electrons. The second-order valence-corrected chi connectivity index (χ2v) is 5.67. The molecule has 0 saturated heterocycles. The first-order valence-corrected chi connectivity index (χ1v) is 7.10. The van der Waals surface area contributed by atoms with E-state index in [0.717, 1.165) is 19.6 Å². The lowest BCUT2D eigenvalue weighted by atomic mass is 10.0. The van der Waals surface area contributed by atoms with Crippen molar-refractivity contribution in [1.29, 1.82) is 0 Å². The average Bonchev–Trinajstić information content (AvgIpc) is 2.36. The number of aryl methyl sites for hydroxylation is 1. The van der Waals surface area contributed by atoms with Crippen molar-refractivity contribution in [3.05, 3.63) is 35.4 Å². The third-order valence-corrected chi connectivity index (χ3v) is 3.47. The Morgan fingerprint density at radius 2 is 1.68 bits per heavy atom. The zero-order valence-corrected chi connectivity index (χ0v) is 13.1. The van der Waals surface area contributed by atoms with Gasteiger partial charge in [0.05, 0.1) is 0 Å². The third-order valence-electron chi connectivity index (χ3n) is 3.47. The molecule has 1 atom stereocenters. The van der Waals surface area contributed by atoms with E-state index in [2.05, 4.69) is 67.4 Å². The van der Waals surface area contributed by atoms with Gasteiger partial charge in [0.15, 0.2) is 0 Å². The molecule has 0 aliphatic rings. The molecule has 0 heterocycles. The number of likely N-dealkylation sites (N-methyl/N-ethyl adjacent to an activating group) is 2. The quantitative estimate of drug-likeness (QED) is 0.775. The minimum Gasteiger partial charge on any atom is -0.312 e. The average molecular weight is 263 g/mol. The molecule has 1 unspecified atom stereocenters. The van der Waals surface area contributed by atoms with E-state index >= 15 is 0 Å². The summed E-state index contributed by atoms with van der Waals surface area (Å²) in [5.41, 5.74) is 2.69. The maximum atomic E-state index is 3.42. The Morgan fingerprint density at radius 1 is 1.05 bits per heavy atom. The Hall–Kier alpha value is -0.900. The van der Waals surface area contributed by atoms with Crippen molar-refractivity contribution in [3.63, 3.8) is 0 Å². The first kappa shape index (κ1) is 16.2. The van der Waals surface area contributed by atoms with Gasteiger partial charge in [-0.15, -0.1) is 0 Å². The van der Waals surface area contributed by atoms with Gasteiger partial charge in [0.25, 0.3) is 0 Å². The van der Waals surface area contributed by atoms with Crippen LogP contribution in [0.15, 0.2) is 24.3 Å². The number of nitrogens with zero attached hydrogens (tertiary/aromatic N) is 2. The van der Waals surface area contributed by atoms with Crippen LogP contribution < -0.4 is 5.32 Å². The summed E-state index contributed by atoms with van der Waals surface area (Å²) in [6, 6.07) is 9.23. The van der Waals surface area contributed by atoms with E-state index in [4.69, 9.17) is 0 Å². The highest BCUT2D eigenvalue weighted by atomic mass is 15.1. The van der Waals surface area contributed by atoms with Gasteiger partial charge >= 0.3 is 0 Å². The highest BCUT2D eigenvalue weighted by molar-refractivity contribution is 5.24. The lowest BCUT2D eigenvalue weighted by molar-refractivity contribution is 0.275. The van der Waals surface area contributed by atoms with Crippen LogP contribution in [0.1, 0.15) is 23.6 Å². The Morgan fingerprint density at radius 3 is 2.21 bits per heavy atom. The van der Waals surface area contributed by atoms with Crippen molar-refractivity contribution in [2.45, 2.75) is 19.4 Å². The molecule has 0 amide bonds. The Kier molecular flexibility index (Phi) is 7.06. The van der Waals surface area contributed by atoms with Gasteiger partial charge in [-0.05, 0) is 60.2 Å². The van der Waals surface area contributed by atoms with Gasteiger partial charge in [0.2, 0.25) is 0 Å². The highest BCUT2D eigenvalue weighted by Gasteiger charge is 2.11. The molecular formula is C16H29N3. The molecule has 0 aliphatic heterocycles. The maximum Gasteiger partial charge on any atom is 0.0446 e. The van der Waals surface area contributed by atoms with Crippen molar-refractivity contribution in [2.24, 2.45) is 0 Å². The van der Waals surface area contributed by atoms with Crippen LogP contribution in [-0.2, 0) is 0 Å². The van der Waals surface area contributed by atoms with Gasteiger partial charge in [-0.2, -0.15) is 0 Å². The van der Waals surface area contributed by atoms with Gasteiger partial charge in [0.1, 0.15) is 0 Å². The van der Waals surface area contributed by atoms with E-state index in [0.29, 0.717) is 6.04 Å². The minimum absolute atomic E-state index is 0.407. The molecule has 19 heavy (non-hydrogen) atoms. The topological polar surface area (TPSA) is 18.5 Å². The molecule has 1 aromatic rings. The van der Waals surface area contributed by atoms with Crippen molar-refractivity contribution >= 4 is 0 Å². The molecular weight excluding hydrogens is 234 g/mol. The number of benzene rings is 1. The Labute approximate surface area is 118 Å². The summed E-state index contributed by atoms with van der Waals surface area (Å²) in [6.45, 7) is 5.47. The van der Waals surface area contributed by atoms with Crippen molar-refractivity contribution in [3.8, 4) is 0 Å². The lowest BCUT2D eigenvalue weighted by Gasteiger charge is -2.24. The van der Waals surface area contributed by atoms with Crippen molar-refractivity contribution in [1.82, 2.24) is 15.1 Å². The molecule has 1 aromatic carbocycles. The molecule has 1 N–H and O–H groups in total. The maximum absolute atomic E-state index is 3.42. The van der Waals surface area contributed by atoms with Gasteiger partial charge in [-0.1, -0.05) is 29.8 Å². The van der Waals surface area contributed by atoms with Crippen LogP contribution in [0.3, 0.4) is 0 Å². The van der Waals surface area contributed by atoms with E-state index in [1.165, 1.54) is 17.5 Å². The predicted octanol–water partition coefficient (Wildman–Crippen LogP) is 2.14. The molecule has 0 aliphatic carbocycles. The number of hydrogen-bond donors (Lipinski definition) is 1. The van der Waals surface area contributed by atoms with Crippen LogP contribution >= 0.6 is 0 Å². The monoisotopic (exact) mass is 263 g/mol. The summed E-state index contributed by atoms with van der Waals surface area (Å²) in [4.78, 5) is 4.65. The van der Waals surface area contributed by atoms with E-state index in [-0.39, 0.29) is 0 Å².